The zero-order valence-electron chi connectivity index (χ0n) is 8.37. The summed E-state index contributed by atoms with van der Waals surface area (Å²) in [5, 5.41) is 0.627. The van der Waals surface area contributed by atoms with Crippen molar-refractivity contribution in [3.05, 3.63) is 34.9 Å². The molecule has 0 fully saturated rings. The summed E-state index contributed by atoms with van der Waals surface area (Å²) in [6.07, 6.45) is 0. The number of amides is 1. The van der Waals surface area contributed by atoms with Gasteiger partial charge in [0.1, 0.15) is 0 Å². The van der Waals surface area contributed by atoms with Crippen LogP contribution in [0.3, 0.4) is 0 Å². The lowest BCUT2D eigenvalue weighted by atomic mass is 9.99. The number of benzene rings is 1. The van der Waals surface area contributed by atoms with Gasteiger partial charge in [0.15, 0.2) is 0 Å². The normalized spacial score (nSPS) is 12.4. The second-order valence-electron chi connectivity index (χ2n) is 3.06. The van der Waals surface area contributed by atoms with Crippen LogP contribution in [0.15, 0.2) is 24.3 Å². The van der Waals surface area contributed by atoms with Crippen LogP contribution >= 0.6 is 11.6 Å². The van der Waals surface area contributed by atoms with Crippen LogP contribution in [-0.2, 0) is 9.63 Å². The third-order valence-electron chi connectivity index (χ3n) is 2.05. The molecule has 3 N–H and O–H groups in total. The quantitative estimate of drug-likeness (QED) is 0.741. The molecule has 0 bridgehead atoms. The molecule has 1 amide bonds. The summed E-state index contributed by atoms with van der Waals surface area (Å²) >= 11 is 5.74. The van der Waals surface area contributed by atoms with Gasteiger partial charge in [-0.05, 0) is 17.7 Å². The zero-order chi connectivity index (χ0) is 11.3. The molecule has 0 saturated heterocycles. The number of rotatable bonds is 5. The summed E-state index contributed by atoms with van der Waals surface area (Å²) in [5.74, 6) is -0.816. The monoisotopic (exact) mass is 228 g/mol. The first-order chi connectivity index (χ1) is 7.15. The average Bonchev–Trinajstić information content (AvgIpc) is 2.21. The number of carbonyl (C=O) groups excluding carboxylic acids is 1. The lowest BCUT2D eigenvalue weighted by molar-refractivity contribution is -0.119. The second-order valence-corrected chi connectivity index (χ2v) is 3.50. The Morgan fingerprint density at radius 2 is 2.13 bits per heavy atom. The summed E-state index contributed by atoms with van der Waals surface area (Å²) < 4.78 is 0. The van der Waals surface area contributed by atoms with Gasteiger partial charge in [0.25, 0.3) is 0 Å². The van der Waals surface area contributed by atoms with Crippen molar-refractivity contribution in [2.24, 2.45) is 5.73 Å². The summed E-state index contributed by atoms with van der Waals surface area (Å²) in [7, 11) is 1.49. The van der Waals surface area contributed by atoms with Gasteiger partial charge < -0.3 is 10.6 Å². The fourth-order valence-corrected chi connectivity index (χ4v) is 1.37. The van der Waals surface area contributed by atoms with Crippen LogP contribution in [0.25, 0.3) is 0 Å². The Morgan fingerprint density at radius 1 is 1.53 bits per heavy atom. The SMILES string of the molecule is CONC[C@@H](C(N)=O)c1ccc(Cl)cc1. The molecule has 4 nitrogen and oxygen atoms in total. The fourth-order valence-electron chi connectivity index (χ4n) is 1.24. The molecule has 1 atom stereocenters. The zero-order valence-corrected chi connectivity index (χ0v) is 9.12. The van der Waals surface area contributed by atoms with Crippen molar-refractivity contribution in [3.63, 3.8) is 0 Å². The number of primary amides is 1. The molecule has 82 valence electrons. The van der Waals surface area contributed by atoms with Gasteiger partial charge in [0, 0.05) is 11.6 Å². The van der Waals surface area contributed by atoms with Crippen LogP contribution < -0.4 is 11.2 Å². The minimum atomic E-state index is -0.415. The van der Waals surface area contributed by atoms with Crippen LogP contribution in [0.4, 0.5) is 0 Å². The van der Waals surface area contributed by atoms with E-state index in [0.717, 1.165) is 5.56 Å². The Balaban J connectivity index is 2.79. The van der Waals surface area contributed by atoms with E-state index in [9.17, 15) is 4.79 Å². The van der Waals surface area contributed by atoms with Crippen LogP contribution in [0.5, 0.6) is 0 Å². The Labute approximate surface area is 93.3 Å². The Bertz CT molecular complexity index is 327. The molecule has 0 radical (unpaired) electrons. The van der Waals surface area contributed by atoms with Crippen LogP contribution in [0.1, 0.15) is 11.5 Å². The van der Waals surface area contributed by atoms with Gasteiger partial charge in [-0.3, -0.25) is 4.79 Å². The molecule has 0 aliphatic rings. The van der Waals surface area contributed by atoms with Gasteiger partial charge in [-0.15, -0.1) is 0 Å². The molecule has 0 aliphatic heterocycles. The molecule has 0 aliphatic carbocycles. The fraction of sp³-hybridized carbons (Fsp3) is 0.300. The van der Waals surface area contributed by atoms with E-state index in [-0.39, 0.29) is 0 Å². The molecule has 0 spiro atoms. The van der Waals surface area contributed by atoms with Crippen molar-refractivity contribution < 1.29 is 9.63 Å². The largest absolute Gasteiger partial charge is 0.369 e. The van der Waals surface area contributed by atoms with Gasteiger partial charge >= 0.3 is 0 Å². The predicted octanol–water partition coefficient (Wildman–Crippen LogP) is 1.06. The highest BCUT2D eigenvalue weighted by atomic mass is 35.5. The molecule has 1 aromatic rings. The van der Waals surface area contributed by atoms with Crippen molar-refractivity contribution in [1.29, 1.82) is 0 Å². The van der Waals surface area contributed by atoms with Gasteiger partial charge in [0.2, 0.25) is 5.91 Å². The van der Waals surface area contributed by atoms with E-state index in [0.29, 0.717) is 11.6 Å². The Kier molecular flexibility index (Phi) is 4.55. The van der Waals surface area contributed by atoms with E-state index in [1.807, 2.05) is 0 Å². The van der Waals surface area contributed by atoms with Gasteiger partial charge in [0.05, 0.1) is 13.0 Å². The highest BCUT2D eigenvalue weighted by Crippen LogP contribution is 2.17. The van der Waals surface area contributed by atoms with E-state index in [2.05, 4.69) is 10.3 Å². The number of halogens is 1. The van der Waals surface area contributed by atoms with Crippen LogP contribution in [0, 0.1) is 0 Å². The van der Waals surface area contributed by atoms with E-state index in [4.69, 9.17) is 17.3 Å². The predicted molar refractivity (Wildman–Crippen MR) is 58.4 cm³/mol. The van der Waals surface area contributed by atoms with E-state index in [1.54, 1.807) is 24.3 Å². The van der Waals surface area contributed by atoms with Crippen LogP contribution in [-0.4, -0.2) is 19.6 Å². The third kappa shape index (κ3) is 3.51. The van der Waals surface area contributed by atoms with E-state index < -0.39 is 11.8 Å². The number of hydrogen-bond donors (Lipinski definition) is 2. The average molecular weight is 229 g/mol. The van der Waals surface area contributed by atoms with Gasteiger partial charge in [-0.25, -0.2) is 5.48 Å². The Hall–Kier alpha value is -1.10. The summed E-state index contributed by atoms with van der Waals surface area (Å²) in [5.41, 5.74) is 8.71. The molecular weight excluding hydrogens is 216 g/mol. The molecule has 15 heavy (non-hydrogen) atoms. The van der Waals surface area contributed by atoms with Crippen molar-refractivity contribution >= 4 is 17.5 Å². The molecular formula is C10H13ClN2O2. The maximum absolute atomic E-state index is 11.2. The van der Waals surface area contributed by atoms with E-state index >= 15 is 0 Å². The summed E-state index contributed by atoms with van der Waals surface area (Å²) in [4.78, 5) is 15.9. The van der Waals surface area contributed by atoms with Crippen molar-refractivity contribution in [2.45, 2.75) is 5.92 Å². The minimum absolute atomic E-state index is 0.341. The smallest absolute Gasteiger partial charge is 0.226 e. The van der Waals surface area contributed by atoms with Crippen LogP contribution in [0.2, 0.25) is 5.02 Å². The molecule has 0 unspecified atom stereocenters. The number of hydroxylamine groups is 1. The van der Waals surface area contributed by atoms with Gasteiger partial charge in [-0.2, -0.15) is 0 Å². The summed E-state index contributed by atoms with van der Waals surface area (Å²) in [6.45, 7) is 0.341. The molecule has 0 heterocycles. The summed E-state index contributed by atoms with van der Waals surface area (Å²) in [6, 6.07) is 6.99. The number of carbonyl (C=O) groups is 1. The topological polar surface area (TPSA) is 64.3 Å². The number of hydrogen-bond acceptors (Lipinski definition) is 3. The first-order valence-corrected chi connectivity index (χ1v) is 4.83. The Morgan fingerprint density at radius 3 is 2.60 bits per heavy atom. The highest BCUT2D eigenvalue weighted by molar-refractivity contribution is 6.30. The lowest BCUT2D eigenvalue weighted by Crippen LogP contribution is -2.30. The molecule has 1 aromatic carbocycles. The lowest BCUT2D eigenvalue weighted by Gasteiger charge is -2.13. The van der Waals surface area contributed by atoms with Crippen molar-refractivity contribution in [1.82, 2.24) is 5.48 Å². The number of nitrogens with one attached hydrogen (secondary N) is 1. The standard InChI is InChI=1S/C10H13ClN2O2/c1-15-13-6-9(10(12)14)7-2-4-8(11)5-3-7/h2-5,9,13H,6H2,1H3,(H2,12,14)/t9-/m1/s1. The first-order valence-electron chi connectivity index (χ1n) is 4.45. The second kappa shape index (κ2) is 5.70. The first kappa shape index (κ1) is 12.0. The number of nitrogens with two attached hydrogens (primary N) is 1. The van der Waals surface area contributed by atoms with E-state index in [1.165, 1.54) is 7.11 Å². The molecule has 0 saturated carbocycles. The highest BCUT2D eigenvalue weighted by Gasteiger charge is 2.17. The van der Waals surface area contributed by atoms with Crippen molar-refractivity contribution in [3.8, 4) is 0 Å². The maximum atomic E-state index is 11.2. The maximum Gasteiger partial charge on any atom is 0.226 e. The van der Waals surface area contributed by atoms with Gasteiger partial charge in [-0.1, -0.05) is 23.7 Å². The molecule has 0 aromatic heterocycles. The minimum Gasteiger partial charge on any atom is -0.369 e. The third-order valence-corrected chi connectivity index (χ3v) is 2.30. The van der Waals surface area contributed by atoms with Crippen molar-refractivity contribution in [2.75, 3.05) is 13.7 Å². The molecule has 5 heteroatoms. The molecule has 1 rings (SSSR count).